The molecule has 1 fully saturated rings. The molecule has 4 nitrogen and oxygen atoms in total. The van der Waals surface area contributed by atoms with Gasteiger partial charge in [0.25, 0.3) is 0 Å². The number of fused-ring (bicyclic) bond motifs is 1. The van der Waals surface area contributed by atoms with Crippen molar-refractivity contribution in [1.29, 1.82) is 0 Å². The van der Waals surface area contributed by atoms with E-state index in [-0.39, 0.29) is 6.10 Å². The zero-order valence-corrected chi connectivity index (χ0v) is 11.1. The smallest absolute Gasteiger partial charge is 0.137 e. The number of hydrogen-bond donors (Lipinski definition) is 2. The molecule has 4 heteroatoms. The first-order valence-corrected chi connectivity index (χ1v) is 7.12. The van der Waals surface area contributed by atoms with Crippen LogP contribution in [-0.4, -0.2) is 27.1 Å². The van der Waals surface area contributed by atoms with Crippen LogP contribution in [0.1, 0.15) is 31.4 Å². The number of aromatic nitrogens is 2. The third kappa shape index (κ3) is 3.14. The molecule has 1 aliphatic carbocycles. The fourth-order valence-corrected chi connectivity index (χ4v) is 2.83. The van der Waals surface area contributed by atoms with E-state index in [1.807, 2.05) is 28.8 Å². The maximum atomic E-state index is 9.48. The van der Waals surface area contributed by atoms with Gasteiger partial charge in [0.1, 0.15) is 5.65 Å². The van der Waals surface area contributed by atoms with Crippen molar-refractivity contribution in [2.45, 2.75) is 38.3 Å². The highest BCUT2D eigenvalue weighted by Gasteiger charge is 2.18. The van der Waals surface area contributed by atoms with E-state index in [2.05, 4.69) is 16.5 Å². The van der Waals surface area contributed by atoms with Gasteiger partial charge in [-0.1, -0.05) is 6.07 Å². The lowest BCUT2D eigenvalue weighted by atomic mass is 9.87. The van der Waals surface area contributed by atoms with Crippen LogP contribution in [0.15, 0.2) is 30.6 Å². The molecule has 0 amide bonds. The van der Waals surface area contributed by atoms with Crippen molar-refractivity contribution in [3.63, 3.8) is 0 Å². The summed E-state index contributed by atoms with van der Waals surface area (Å²) in [6.45, 7) is 1.85. The summed E-state index contributed by atoms with van der Waals surface area (Å²) in [5, 5.41) is 13.0. The Morgan fingerprint density at radius 3 is 2.89 bits per heavy atom. The van der Waals surface area contributed by atoms with E-state index in [1.54, 1.807) is 0 Å². The number of rotatable bonds is 4. The van der Waals surface area contributed by atoms with Gasteiger partial charge in [0.2, 0.25) is 0 Å². The van der Waals surface area contributed by atoms with Crippen LogP contribution in [0.2, 0.25) is 0 Å². The molecule has 2 N–H and O–H groups in total. The second-order valence-corrected chi connectivity index (χ2v) is 5.50. The topological polar surface area (TPSA) is 49.6 Å². The highest BCUT2D eigenvalue weighted by molar-refractivity contribution is 5.39. The molecule has 0 unspecified atom stereocenters. The Morgan fingerprint density at radius 1 is 1.26 bits per heavy atom. The molecule has 0 saturated heterocycles. The van der Waals surface area contributed by atoms with E-state index in [1.165, 1.54) is 0 Å². The maximum absolute atomic E-state index is 9.48. The Kier molecular flexibility index (Phi) is 3.80. The van der Waals surface area contributed by atoms with Crippen molar-refractivity contribution in [3.8, 4) is 0 Å². The Labute approximate surface area is 113 Å². The van der Waals surface area contributed by atoms with Gasteiger partial charge >= 0.3 is 0 Å². The molecule has 3 rings (SSSR count). The lowest BCUT2D eigenvalue weighted by Gasteiger charge is -2.25. The first-order valence-electron chi connectivity index (χ1n) is 7.12. The van der Waals surface area contributed by atoms with E-state index in [4.69, 9.17) is 0 Å². The fraction of sp³-hybridized carbons (Fsp3) is 0.533. The molecule has 1 aliphatic rings. The molecule has 0 radical (unpaired) electrons. The first-order chi connectivity index (χ1) is 9.31. The highest BCUT2D eigenvalue weighted by Crippen LogP contribution is 2.23. The van der Waals surface area contributed by atoms with Crippen LogP contribution >= 0.6 is 0 Å². The number of imidazole rings is 1. The normalized spacial score (nSPS) is 23.8. The van der Waals surface area contributed by atoms with Gasteiger partial charge in [-0.3, -0.25) is 0 Å². The molecule has 0 bridgehead atoms. The summed E-state index contributed by atoms with van der Waals surface area (Å²) in [5.41, 5.74) is 2.09. The van der Waals surface area contributed by atoms with Gasteiger partial charge in [0, 0.05) is 18.9 Å². The Balaban J connectivity index is 1.49. The van der Waals surface area contributed by atoms with E-state index in [0.717, 1.165) is 50.1 Å². The summed E-state index contributed by atoms with van der Waals surface area (Å²) >= 11 is 0. The molecule has 1 saturated carbocycles. The monoisotopic (exact) mass is 259 g/mol. The largest absolute Gasteiger partial charge is 0.393 e. The van der Waals surface area contributed by atoms with Crippen molar-refractivity contribution in [2.24, 2.45) is 5.92 Å². The van der Waals surface area contributed by atoms with Gasteiger partial charge < -0.3 is 14.8 Å². The molecule has 0 atom stereocenters. The van der Waals surface area contributed by atoms with Crippen LogP contribution in [0.5, 0.6) is 0 Å². The minimum atomic E-state index is -0.0605. The number of nitrogens with one attached hydrogen (secondary N) is 1. The van der Waals surface area contributed by atoms with E-state index >= 15 is 0 Å². The lowest BCUT2D eigenvalue weighted by molar-refractivity contribution is 0.108. The predicted molar refractivity (Wildman–Crippen MR) is 74.9 cm³/mol. The molecule has 0 aliphatic heterocycles. The summed E-state index contributed by atoms with van der Waals surface area (Å²) in [4.78, 5) is 4.57. The molecule has 2 heterocycles. The number of hydrogen-bond acceptors (Lipinski definition) is 3. The molecular formula is C15H21N3O. The Hall–Kier alpha value is -1.39. The zero-order chi connectivity index (χ0) is 13.1. The summed E-state index contributed by atoms with van der Waals surface area (Å²) in [6.07, 6.45) is 8.23. The van der Waals surface area contributed by atoms with Gasteiger partial charge in [-0.15, -0.1) is 0 Å². The SMILES string of the molecule is OC1CCC(CNCc2cn3ccccc3n2)CC1. The second-order valence-electron chi connectivity index (χ2n) is 5.50. The van der Waals surface area contributed by atoms with Crippen molar-refractivity contribution in [3.05, 3.63) is 36.3 Å². The van der Waals surface area contributed by atoms with Gasteiger partial charge in [-0.25, -0.2) is 4.98 Å². The number of pyridine rings is 1. The van der Waals surface area contributed by atoms with Gasteiger partial charge in [-0.2, -0.15) is 0 Å². The first kappa shape index (κ1) is 12.6. The van der Waals surface area contributed by atoms with Gasteiger partial charge in [-0.05, 0) is 50.3 Å². The van der Waals surface area contributed by atoms with E-state index < -0.39 is 0 Å². The number of nitrogens with zero attached hydrogens (tertiary/aromatic N) is 2. The number of aliphatic hydroxyl groups excluding tert-OH is 1. The molecule has 2 aromatic rings. The van der Waals surface area contributed by atoms with Crippen LogP contribution in [-0.2, 0) is 6.54 Å². The van der Waals surface area contributed by atoms with Gasteiger partial charge in [0.05, 0.1) is 11.8 Å². The van der Waals surface area contributed by atoms with Crippen molar-refractivity contribution in [1.82, 2.24) is 14.7 Å². The van der Waals surface area contributed by atoms with Crippen molar-refractivity contribution >= 4 is 5.65 Å². The van der Waals surface area contributed by atoms with Crippen molar-refractivity contribution < 1.29 is 5.11 Å². The summed E-state index contributed by atoms with van der Waals surface area (Å²) in [6, 6.07) is 6.04. The lowest BCUT2D eigenvalue weighted by Crippen LogP contribution is -2.27. The van der Waals surface area contributed by atoms with Crippen LogP contribution in [0.25, 0.3) is 5.65 Å². The second kappa shape index (κ2) is 5.72. The van der Waals surface area contributed by atoms with E-state index in [0.29, 0.717) is 5.92 Å². The molecule has 102 valence electrons. The molecule has 2 aromatic heterocycles. The third-order valence-electron chi connectivity index (χ3n) is 3.97. The molecule has 0 aromatic carbocycles. The highest BCUT2D eigenvalue weighted by atomic mass is 16.3. The summed E-state index contributed by atoms with van der Waals surface area (Å²) in [5.74, 6) is 0.709. The number of aliphatic hydroxyl groups is 1. The maximum Gasteiger partial charge on any atom is 0.137 e. The van der Waals surface area contributed by atoms with Crippen LogP contribution < -0.4 is 5.32 Å². The third-order valence-corrected chi connectivity index (χ3v) is 3.97. The Bertz CT molecular complexity index is 496. The standard InChI is InChI=1S/C15H21N3O/c19-14-6-4-12(5-7-14)9-16-10-13-11-18-8-2-1-3-15(18)17-13/h1-3,8,11-12,14,16,19H,4-7,9-10H2. The summed E-state index contributed by atoms with van der Waals surface area (Å²) < 4.78 is 2.05. The fourth-order valence-electron chi connectivity index (χ4n) is 2.83. The van der Waals surface area contributed by atoms with Crippen LogP contribution in [0.4, 0.5) is 0 Å². The average molecular weight is 259 g/mol. The summed E-state index contributed by atoms with van der Waals surface area (Å²) in [7, 11) is 0. The minimum Gasteiger partial charge on any atom is -0.393 e. The molecular weight excluding hydrogens is 238 g/mol. The predicted octanol–water partition coefficient (Wildman–Crippen LogP) is 1.97. The molecule has 19 heavy (non-hydrogen) atoms. The minimum absolute atomic E-state index is 0.0605. The Morgan fingerprint density at radius 2 is 2.11 bits per heavy atom. The quantitative estimate of drug-likeness (QED) is 0.882. The average Bonchev–Trinajstić information content (AvgIpc) is 2.83. The van der Waals surface area contributed by atoms with E-state index in [9.17, 15) is 5.11 Å². The van der Waals surface area contributed by atoms with Crippen LogP contribution in [0.3, 0.4) is 0 Å². The van der Waals surface area contributed by atoms with Gasteiger partial charge in [0.15, 0.2) is 0 Å². The zero-order valence-electron chi connectivity index (χ0n) is 11.1. The molecule has 0 spiro atoms. The van der Waals surface area contributed by atoms with Crippen molar-refractivity contribution in [2.75, 3.05) is 6.54 Å². The van der Waals surface area contributed by atoms with Crippen LogP contribution in [0, 0.1) is 5.92 Å².